The monoisotopic (exact) mass is 167 g/mol. The fourth-order valence-electron chi connectivity index (χ4n) is 1.20. The molecule has 0 radical (unpaired) electrons. The fraction of sp³-hybridized carbons (Fsp3) is 0.556. The summed E-state index contributed by atoms with van der Waals surface area (Å²) in [6.45, 7) is 4.12. The van der Waals surface area contributed by atoms with E-state index in [0.29, 0.717) is 18.5 Å². The lowest BCUT2D eigenvalue weighted by Crippen LogP contribution is -2.32. The van der Waals surface area contributed by atoms with Gasteiger partial charge in [0.1, 0.15) is 0 Å². The molecule has 1 rings (SSSR count). The maximum absolute atomic E-state index is 11.4. The zero-order valence-electron chi connectivity index (χ0n) is 7.46. The third-order valence-electron chi connectivity index (χ3n) is 2.09. The minimum atomic E-state index is -0.139. The van der Waals surface area contributed by atoms with Gasteiger partial charge in [-0.15, -0.1) is 0 Å². The molecule has 0 aromatic rings. The number of carbonyl (C=O) groups is 2. The molecule has 0 unspecified atom stereocenters. The second-order valence-corrected chi connectivity index (χ2v) is 2.93. The van der Waals surface area contributed by atoms with Crippen LogP contribution in [0, 0.1) is 0 Å². The Morgan fingerprint density at radius 2 is 2.25 bits per heavy atom. The Kier molecular flexibility index (Phi) is 2.63. The van der Waals surface area contributed by atoms with Gasteiger partial charge in [0.05, 0.1) is 0 Å². The van der Waals surface area contributed by atoms with Crippen LogP contribution in [0.3, 0.4) is 0 Å². The van der Waals surface area contributed by atoms with E-state index in [0.717, 1.165) is 6.42 Å². The van der Waals surface area contributed by atoms with E-state index >= 15 is 0 Å². The third-order valence-corrected chi connectivity index (χ3v) is 2.09. The Morgan fingerprint density at radius 3 is 2.67 bits per heavy atom. The SMILES string of the molecule is CC=C(C)C(=O)N1CCCC1=O. The Balaban J connectivity index is 2.70. The van der Waals surface area contributed by atoms with Crippen LogP contribution >= 0.6 is 0 Å². The summed E-state index contributed by atoms with van der Waals surface area (Å²) in [5, 5.41) is 0. The summed E-state index contributed by atoms with van der Waals surface area (Å²) in [4.78, 5) is 23.9. The minimum Gasteiger partial charge on any atom is -0.279 e. The van der Waals surface area contributed by atoms with E-state index in [1.54, 1.807) is 19.9 Å². The van der Waals surface area contributed by atoms with Crippen molar-refractivity contribution in [2.24, 2.45) is 0 Å². The van der Waals surface area contributed by atoms with Crippen molar-refractivity contribution in [1.82, 2.24) is 4.90 Å². The van der Waals surface area contributed by atoms with Crippen LogP contribution in [0.25, 0.3) is 0 Å². The molecule has 1 aliphatic rings. The molecule has 0 saturated carbocycles. The zero-order valence-corrected chi connectivity index (χ0v) is 7.46. The van der Waals surface area contributed by atoms with Crippen LogP contribution in [0.15, 0.2) is 11.6 Å². The number of amides is 2. The van der Waals surface area contributed by atoms with Gasteiger partial charge in [-0.25, -0.2) is 0 Å². The van der Waals surface area contributed by atoms with Gasteiger partial charge in [0, 0.05) is 18.5 Å². The number of likely N-dealkylation sites (tertiary alicyclic amines) is 1. The third kappa shape index (κ3) is 1.55. The van der Waals surface area contributed by atoms with Crippen molar-refractivity contribution in [1.29, 1.82) is 0 Å². The van der Waals surface area contributed by atoms with Gasteiger partial charge in [-0.05, 0) is 20.3 Å². The van der Waals surface area contributed by atoms with Gasteiger partial charge in [0.2, 0.25) is 5.91 Å². The summed E-state index contributed by atoms with van der Waals surface area (Å²) in [7, 11) is 0. The smallest absolute Gasteiger partial charge is 0.255 e. The predicted octanol–water partition coefficient (Wildman–Crippen LogP) is 1.10. The Morgan fingerprint density at radius 1 is 1.58 bits per heavy atom. The summed E-state index contributed by atoms with van der Waals surface area (Å²) in [6, 6.07) is 0. The molecular weight excluding hydrogens is 154 g/mol. The number of rotatable bonds is 1. The molecule has 0 spiro atoms. The molecule has 2 amide bonds. The molecule has 1 heterocycles. The highest BCUT2D eigenvalue weighted by Gasteiger charge is 2.26. The second-order valence-electron chi connectivity index (χ2n) is 2.93. The lowest BCUT2D eigenvalue weighted by atomic mass is 10.2. The maximum Gasteiger partial charge on any atom is 0.255 e. The molecule has 66 valence electrons. The number of carbonyl (C=O) groups excluding carboxylic acids is 2. The van der Waals surface area contributed by atoms with Gasteiger partial charge in [-0.2, -0.15) is 0 Å². The lowest BCUT2D eigenvalue weighted by molar-refractivity contribution is -0.139. The first-order valence-electron chi connectivity index (χ1n) is 4.14. The van der Waals surface area contributed by atoms with Crippen molar-refractivity contribution >= 4 is 11.8 Å². The number of imide groups is 1. The van der Waals surface area contributed by atoms with Crippen LogP contribution in [-0.4, -0.2) is 23.3 Å². The van der Waals surface area contributed by atoms with Gasteiger partial charge in [-0.1, -0.05) is 6.08 Å². The predicted molar refractivity (Wildman–Crippen MR) is 45.4 cm³/mol. The molecule has 0 atom stereocenters. The number of hydrogen-bond donors (Lipinski definition) is 0. The van der Waals surface area contributed by atoms with E-state index < -0.39 is 0 Å². The molecule has 0 aromatic heterocycles. The highest BCUT2D eigenvalue weighted by atomic mass is 16.2. The minimum absolute atomic E-state index is 0.0406. The molecule has 0 bridgehead atoms. The normalized spacial score (nSPS) is 18.7. The molecule has 3 nitrogen and oxygen atoms in total. The Labute approximate surface area is 72.0 Å². The molecule has 1 saturated heterocycles. The van der Waals surface area contributed by atoms with Crippen molar-refractivity contribution in [2.75, 3.05) is 6.54 Å². The summed E-state index contributed by atoms with van der Waals surface area (Å²) in [5.74, 6) is -0.179. The van der Waals surface area contributed by atoms with E-state index in [-0.39, 0.29) is 11.8 Å². The second kappa shape index (κ2) is 3.52. The molecule has 3 heteroatoms. The first kappa shape index (κ1) is 8.97. The van der Waals surface area contributed by atoms with Crippen LogP contribution in [-0.2, 0) is 9.59 Å². The molecular formula is C9H13NO2. The summed E-state index contributed by atoms with van der Waals surface area (Å²) < 4.78 is 0. The first-order valence-corrected chi connectivity index (χ1v) is 4.14. The van der Waals surface area contributed by atoms with Crippen molar-refractivity contribution < 1.29 is 9.59 Å². The molecule has 0 aliphatic carbocycles. The maximum atomic E-state index is 11.4. The van der Waals surface area contributed by atoms with Crippen molar-refractivity contribution in [3.63, 3.8) is 0 Å². The highest BCUT2D eigenvalue weighted by molar-refractivity contribution is 6.04. The number of allylic oxidation sites excluding steroid dienone is 1. The molecule has 0 aromatic carbocycles. The molecule has 1 fully saturated rings. The lowest BCUT2D eigenvalue weighted by Gasteiger charge is -2.12. The standard InChI is InChI=1S/C9H13NO2/c1-3-7(2)9(12)10-6-4-5-8(10)11/h3H,4-6H2,1-2H3. The number of nitrogens with zero attached hydrogens (tertiary/aromatic N) is 1. The van der Waals surface area contributed by atoms with Gasteiger partial charge in [-0.3, -0.25) is 14.5 Å². The van der Waals surface area contributed by atoms with Crippen LogP contribution in [0.4, 0.5) is 0 Å². The average molecular weight is 167 g/mol. The fourth-order valence-corrected chi connectivity index (χ4v) is 1.20. The first-order chi connectivity index (χ1) is 5.66. The molecule has 1 aliphatic heterocycles. The van der Waals surface area contributed by atoms with Crippen molar-refractivity contribution in [3.8, 4) is 0 Å². The quantitative estimate of drug-likeness (QED) is 0.548. The van der Waals surface area contributed by atoms with E-state index in [9.17, 15) is 9.59 Å². The zero-order chi connectivity index (χ0) is 9.14. The van der Waals surface area contributed by atoms with Gasteiger partial charge in [0.25, 0.3) is 5.91 Å². The van der Waals surface area contributed by atoms with Crippen molar-refractivity contribution in [2.45, 2.75) is 26.7 Å². The highest BCUT2D eigenvalue weighted by Crippen LogP contribution is 2.12. The average Bonchev–Trinajstić information content (AvgIpc) is 2.48. The van der Waals surface area contributed by atoms with Crippen LogP contribution in [0.5, 0.6) is 0 Å². The van der Waals surface area contributed by atoms with E-state index in [4.69, 9.17) is 0 Å². The van der Waals surface area contributed by atoms with Gasteiger partial charge < -0.3 is 0 Å². The van der Waals surface area contributed by atoms with E-state index in [2.05, 4.69) is 0 Å². The van der Waals surface area contributed by atoms with Crippen LogP contribution < -0.4 is 0 Å². The Bertz CT molecular complexity index is 243. The summed E-state index contributed by atoms with van der Waals surface area (Å²) in [6.07, 6.45) is 3.05. The Hall–Kier alpha value is -1.12. The summed E-state index contributed by atoms with van der Waals surface area (Å²) >= 11 is 0. The number of hydrogen-bond acceptors (Lipinski definition) is 2. The largest absolute Gasteiger partial charge is 0.279 e. The van der Waals surface area contributed by atoms with Crippen molar-refractivity contribution in [3.05, 3.63) is 11.6 Å². The topological polar surface area (TPSA) is 37.4 Å². The molecule has 0 N–H and O–H groups in total. The molecule has 12 heavy (non-hydrogen) atoms. The van der Waals surface area contributed by atoms with Crippen LogP contribution in [0.1, 0.15) is 26.7 Å². The summed E-state index contributed by atoms with van der Waals surface area (Å²) in [5.41, 5.74) is 0.644. The van der Waals surface area contributed by atoms with Crippen LogP contribution in [0.2, 0.25) is 0 Å². The van der Waals surface area contributed by atoms with Gasteiger partial charge >= 0.3 is 0 Å². The van der Waals surface area contributed by atoms with E-state index in [1.807, 2.05) is 0 Å². The van der Waals surface area contributed by atoms with Gasteiger partial charge in [0.15, 0.2) is 0 Å². The van der Waals surface area contributed by atoms with E-state index in [1.165, 1.54) is 4.90 Å².